The number of aryl methyl sites for hydroxylation is 1. The van der Waals surface area contributed by atoms with Gasteiger partial charge in [0, 0.05) is 5.56 Å². The van der Waals surface area contributed by atoms with Crippen LogP contribution in [0.2, 0.25) is 0 Å². The zero-order valence-electron chi connectivity index (χ0n) is 15.8. The van der Waals surface area contributed by atoms with Crippen LogP contribution in [0.4, 0.5) is 0 Å². The van der Waals surface area contributed by atoms with E-state index in [4.69, 9.17) is 0 Å². The monoisotopic (exact) mass is 365 g/mol. The Balaban J connectivity index is 1.27. The molecule has 0 aromatic heterocycles. The number of quaternary nitrogens is 2. The molecule has 2 N–H and O–H groups in total. The summed E-state index contributed by atoms with van der Waals surface area (Å²) >= 11 is 0. The topological polar surface area (TPSA) is 46.3 Å². The third kappa shape index (κ3) is 3.80. The van der Waals surface area contributed by atoms with Crippen molar-refractivity contribution in [1.29, 1.82) is 0 Å². The second-order valence-corrected chi connectivity index (χ2v) is 7.72. The first-order valence-corrected chi connectivity index (χ1v) is 9.80. The van der Waals surface area contributed by atoms with E-state index in [0.717, 1.165) is 39.3 Å². The lowest BCUT2D eigenvalue weighted by molar-refractivity contribution is -1.02. The Morgan fingerprint density at radius 1 is 0.852 bits per heavy atom. The molecule has 5 heteroatoms. The van der Waals surface area contributed by atoms with E-state index in [1.165, 1.54) is 20.9 Å². The summed E-state index contributed by atoms with van der Waals surface area (Å²) < 4.78 is 0. The minimum absolute atomic E-state index is 0.140. The van der Waals surface area contributed by atoms with Crippen molar-refractivity contribution in [1.82, 2.24) is 4.90 Å². The third-order valence-corrected chi connectivity index (χ3v) is 5.77. The van der Waals surface area contributed by atoms with Crippen LogP contribution < -0.4 is 9.80 Å². The lowest BCUT2D eigenvalue weighted by Gasteiger charge is -2.30. The Morgan fingerprint density at radius 3 is 2.11 bits per heavy atom. The minimum Gasteiger partial charge on any atom is -0.324 e. The van der Waals surface area contributed by atoms with Gasteiger partial charge in [-0.3, -0.25) is 14.5 Å². The molecule has 27 heavy (non-hydrogen) atoms. The summed E-state index contributed by atoms with van der Waals surface area (Å²) in [6.07, 6.45) is 0. The molecule has 0 spiro atoms. The lowest BCUT2D eigenvalue weighted by Crippen LogP contribution is -3.27. The molecule has 2 aromatic rings. The number of benzene rings is 2. The zero-order valence-corrected chi connectivity index (χ0v) is 15.8. The normalized spacial score (nSPS) is 22.2. The molecule has 2 heterocycles. The number of nitrogens with zero attached hydrogens (tertiary/aromatic N) is 1. The molecule has 0 radical (unpaired) electrons. The summed E-state index contributed by atoms with van der Waals surface area (Å²) in [5.41, 5.74) is 3.81. The van der Waals surface area contributed by atoms with E-state index in [9.17, 15) is 9.59 Å². The summed E-state index contributed by atoms with van der Waals surface area (Å²) in [4.78, 5) is 29.4. The number of amides is 2. The molecule has 140 valence electrons. The summed E-state index contributed by atoms with van der Waals surface area (Å²) in [6, 6.07) is 15.9. The molecular formula is C22H27N3O2+2. The highest BCUT2D eigenvalue weighted by atomic mass is 16.2. The quantitative estimate of drug-likeness (QED) is 0.707. The van der Waals surface area contributed by atoms with Crippen LogP contribution in [0.3, 0.4) is 0 Å². The van der Waals surface area contributed by atoms with E-state index in [1.807, 2.05) is 12.1 Å². The van der Waals surface area contributed by atoms with E-state index in [2.05, 4.69) is 31.2 Å². The number of piperazine rings is 1. The predicted molar refractivity (Wildman–Crippen MR) is 103 cm³/mol. The fourth-order valence-corrected chi connectivity index (χ4v) is 4.21. The Morgan fingerprint density at radius 2 is 1.48 bits per heavy atom. The van der Waals surface area contributed by atoms with E-state index in [0.29, 0.717) is 17.7 Å². The maximum absolute atomic E-state index is 12.5. The molecule has 4 rings (SSSR count). The summed E-state index contributed by atoms with van der Waals surface area (Å²) in [5, 5.41) is 0. The number of fused-ring (bicyclic) bond motifs is 1. The maximum atomic E-state index is 12.5. The second kappa shape index (κ2) is 7.62. The van der Waals surface area contributed by atoms with Gasteiger partial charge in [-0.15, -0.1) is 0 Å². The largest absolute Gasteiger partial charge is 0.324 e. The maximum Gasteiger partial charge on any atom is 0.261 e. The van der Waals surface area contributed by atoms with Crippen molar-refractivity contribution >= 4 is 11.8 Å². The molecule has 0 bridgehead atoms. The van der Waals surface area contributed by atoms with Crippen LogP contribution in [0.1, 0.15) is 31.8 Å². The first-order valence-electron chi connectivity index (χ1n) is 9.80. The fraction of sp³-hybridized carbons (Fsp3) is 0.364. The second-order valence-electron chi connectivity index (χ2n) is 7.72. The molecular weight excluding hydrogens is 338 g/mol. The van der Waals surface area contributed by atoms with Gasteiger partial charge in [-0.2, -0.15) is 0 Å². The highest BCUT2D eigenvalue weighted by Gasteiger charge is 2.36. The van der Waals surface area contributed by atoms with Crippen molar-refractivity contribution in [3.8, 4) is 0 Å². The first-order chi connectivity index (χ1) is 13.1. The van der Waals surface area contributed by atoms with E-state index >= 15 is 0 Å². The molecule has 2 aromatic carbocycles. The van der Waals surface area contributed by atoms with Gasteiger partial charge in [-0.25, -0.2) is 0 Å². The number of hydrogen-bond acceptors (Lipinski definition) is 2. The van der Waals surface area contributed by atoms with Gasteiger partial charge >= 0.3 is 0 Å². The Hall–Kier alpha value is -2.50. The van der Waals surface area contributed by atoms with Gasteiger partial charge in [0.05, 0.1) is 24.2 Å². The van der Waals surface area contributed by atoms with Gasteiger partial charge < -0.3 is 9.80 Å². The highest BCUT2D eigenvalue weighted by Crippen LogP contribution is 2.21. The average molecular weight is 365 g/mol. The Kier molecular flexibility index (Phi) is 5.05. The molecule has 0 aliphatic carbocycles. The molecule has 0 unspecified atom stereocenters. The molecule has 2 aliphatic rings. The predicted octanol–water partition coefficient (Wildman–Crippen LogP) is -0.425. The van der Waals surface area contributed by atoms with Crippen LogP contribution in [-0.2, 0) is 6.54 Å². The summed E-state index contributed by atoms with van der Waals surface area (Å²) in [6.45, 7) is 9.00. The first kappa shape index (κ1) is 17.9. The van der Waals surface area contributed by atoms with Crippen molar-refractivity contribution in [3.05, 3.63) is 70.8 Å². The highest BCUT2D eigenvalue weighted by molar-refractivity contribution is 6.21. The van der Waals surface area contributed by atoms with Crippen molar-refractivity contribution in [2.45, 2.75) is 13.5 Å². The van der Waals surface area contributed by atoms with Crippen LogP contribution in [0, 0.1) is 6.92 Å². The Bertz CT molecular complexity index is 821. The van der Waals surface area contributed by atoms with Crippen LogP contribution in [-0.4, -0.2) is 56.0 Å². The number of carbonyl (C=O) groups is 2. The van der Waals surface area contributed by atoms with Crippen molar-refractivity contribution in [2.24, 2.45) is 0 Å². The van der Waals surface area contributed by atoms with Crippen LogP contribution in [0.25, 0.3) is 0 Å². The van der Waals surface area contributed by atoms with Gasteiger partial charge in [0.15, 0.2) is 0 Å². The van der Waals surface area contributed by atoms with Crippen molar-refractivity contribution in [2.75, 3.05) is 39.3 Å². The number of rotatable bonds is 5. The molecule has 2 amide bonds. The fourth-order valence-electron chi connectivity index (χ4n) is 4.21. The molecule has 0 saturated carbocycles. The smallest absolute Gasteiger partial charge is 0.261 e. The van der Waals surface area contributed by atoms with E-state index in [1.54, 1.807) is 17.0 Å². The lowest BCUT2D eigenvalue weighted by atomic mass is 10.1. The molecule has 0 atom stereocenters. The minimum atomic E-state index is -0.140. The SMILES string of the molecule is Cc1cccc(C[NH+]2CC[NH+](CCN3C(=O)c4ccccc4C3=O)CC2)c1. The number of nitrogens with one attached hydrogen (secondary N) is 2. The number of imide groups is 1. The van der Waals surface area contributed by atoms with Gasteiger partial charge in [-0.05, 0) is 19.1 Å². The van der Waals surface area contributed by atoms with Gasteiger partial charge in [0.2, 0.25) is 0 Å². The van der Waals surface area contributed by atoms with Gasteiger partial charge in [0.1, 0.15) is 32.7 Å². The molecule has 2 aliphatic heterocycles. The molecule has 5 nitrogen and oxygen atoms in total. The third-order valence-electron chi connectivity index (χ3n) is 5.77. The van der Waals surface area contributed by atoms with E-state index < -0.39 is 0 Å². The van der Waals surface area contributed by atoms with Gasteiger partial charge in [0.25, 0.3) is 11.8 Å². The average Bonchev–Trinajstić information content (AvgIpc) is 2.92. The van der Waals surface area contributed by atoms with Crippen molar-refractivity contribution in [3.63, 3.8) is 0 Å². The number of hydrogen-bond donors (Lipinski definition) is 2. The number of carbonyl (C=O) groups excluding carboxylic acids is 2. The summed E-state index contributed by atoms with van der Waals surface area (Å²) in [5.74, 6) is -0.280. The van der Waals surface area contributed by atoms with E-state index in [-0.39, 0.29) is 11.8 Å². The Labute approximate surface area is 160 Å². The standard InChI is InChI=1S/C22H25N3O2/c1-17-5-4-6-18(15-17)16-24-11-9-23(10-12-24)13-14-25-21(26)19-7-2-3-8-20(19)22(25)27/h2-8,15H,9-14,16H2,1H3/p+2. The molecule has 1 saturated heterocycles. The summed E-state index contributed by atoms with van der Waals surface area (Å²) in [7, 11) is 0. The van der Waals surface area contributed by atoms with Crippen LogP contribution >= 0.6 is 0 Å². The zero-order chi connectivity index (χ0) is 18.8. The van der Waals surface area contributed by atoms with Gasteiger partial charge in [-0.1, -0.05) is 42.0 Å². The van der Waals surface area contributed by atoms with Crippen LogP contribution in [0.5, 0.6) is 0 Å². The van der Waals surface area contributed by atoms with Crippen LogP contribution in [0.15, 0.2) is 48.5 Å². The van der Waals surface area contributed by atoms with Crippen molar-refractivity contribution < 1.29 is 19.4 Å². The molecule has 1 fully saturated rings.